The zero-order valence-electron chi connectivity index (χ0n) is 11.6. The SMILES string of the molecule is O=[N+]([O-])/C=C/c1cn(Cc2ccccc2F)c2ccccc12. The first-order valence-corrected chi connectivity index (χ1v) is 6.78. The molecule has 1 aromatic heterocycles. The Morgan fingerprint density at radius 1 is 1.14 bits per heavy atom. The number of hydrogen-bond acceptors (Lipinski definition) is 2. The summed E-state index contributed by atoms with van der Waals surface area (Å²) in [7, 11) is 0. The van der Waals surface area contributed by atoms with Gasteiger partial charge in [-0.1, -0.05) is 36.4 Å². The van der Waals surface area contributed by atoms with E-state index in [0.717, 1.165) is 22.7 Å². The van der Waals surface area contributed by atoms with Crippen molar-refractivity contribution in [3.63, 3.8) is 0 Å². The highest BCUT2D eigenvalue weighted by Gasteiger charge is 2.09. The number of fused-ring (bicyclic) bond motifs is 1. The van der Waals surface area contributed by atoms with Gasteiger partial charge in [0.1, 0.15) is 5.82 Å². The molecule has 1 heterocycles. The number of halogens is 1. The Labute approximate surface area is 126 Å². The Morgan fingerprint density at radius 3 is 2.64 bits per heavy atom. The maximum atomic E-state index is 13.8. The molecule has 0 aliphatic rings. The lowest BCUT2D eigenvalue weighted by atomic mass is 10.2. The van der Waals surface area contributed by atoms with Crippen LogP contribution in [0.1, 0.15) is 11.1 Å². The molecule has 0 N–H and O–H groups in total. The van der Waals surface area contributed by atoms with Gasteiger partial charge in [0.15, 0.2) is 0 Å². The third kappa shape index (κ3) is 2.74. The van der Waals surface area contributed by atoms with Gasteiger partial charge in [-0.2, -0.15) is 0 Å². The number of nitro groups is 1. The van der Waals surface area contributed by atoms with E-state index >= 15 is 0 Å². The van der Waals surface area contributed by atoms with Crippen LogP contribution < -0.4 is 0 Å². The van der Waals surface area contributed by atoms with Crippen LogP contribution in [-0.4, -0.2) is 9.49 Å². The molecule has 4 nitrogen and oxygen atoms in total. The van der Waals surface area contributed by atoms with Crippen molar-refractivity contribution in [3.05, 3.63) is 88.0 Å². The summed E-state index contributed by atoms with van der Waals surface area (Å²) < 4.78 is 15.7. The van der Waals surface area contributed by atoms with Crippen molar-refractivity contribution in [1.82, 2.24) is 4.57 Å². The summed E-state index contributed by atoms with van der Waals surface area (Å²) in [6.07, 6.45) is 4.17. The van der Waals surface area contributed by atoms with E-state index in [9.17, 15) is 14.5 Å². The summed E-state index contributed by atoms with van der Waals surface area (Å²) in [5.41, 5.74) is 2.23. The van der Waals surface area contributed by atoms with Crippen LogP contribution in [0.15, 0.2) is 60.9 Å². The summed E-state index contributed by atoms with van der Waals surface area (Å²) in [5, 5.41) is 11.4. The van der Waals surface area contributed by atoms with E-state index in [1.807, 2.05) is 28.8 Å². The molecule has 22 heavy (non-hydrogen) atoms. The van der Waals surface area contributed by atoms with Crippen molar-refractivity contribution in [3.8, 4) is 0 Å². The Kier molecular flexibility index (Phi) is 3.70. The molecule has 3 aromatic rings. The van der Waals surface area contributed by atoms with Gasteiger partial charge in [0, 0.05) is 34.3 Å². The molecule has 0 saturated heterocycles. The van der Waals surface area contributed by atoms with Crippen molar-refractivity contribution >= 4 is 17.0 Å². The summed E-state index contributed by atoms with van der Waals surface area (Å²) in [6, 6.07) is 14.2. The standard InChI is InChI=1S/C17H13FN2O2/c18-16-7-3-1-5-14(16)12-19-11-13(9-10-20(21)22)15-6-2-4-8-17(15)19/h1-11H,12H2/b10-9+. The van der Waals surface area contributed by atoms with Crippen molar-refractivity contribution in [2.75, 3.05) is 0 Å². The maximum Gasteiger partial charge on any atom is 0.235 e. The first kappa shape index (κ1) is 14.0. The average molecular weight is 296 g/mol. The van der Waals surface area contributed by atoms with Crippen LogP contribution in [0.25, 0.3) is 17.0 Å². The lowest BCUT2D eigenvalue weighted by Crippen LogP contribution is -2.00. The lowest BCUT2D eigenvalue weighted by Gasteiger charge is -2.06. The van der Waals surface area contributed by atoms with Gasteiger partial charge >= 0.3 is 0 Å². The van der Waals surface area contributed by atoms with Crippen LogP contribution in [0.5, 0.6) is 0 Å². The third-order valence-corrected chi connectivity index (χ3v) is 3.49. The van der Waals surface area contributed by atoms with Gasteiger partial charge in [0.05, 0.1) is 11.5 Å². The number of hydrogen-bond donors (Lipinski definition) is 0. The Morgan fingerprint density at radius 2 is 1.86 bits per heavy atom. The summed E-state index contributed by atoms with van der Waals surface area (Å²) >= 11 is 0. The molecule has 110 valence electrons. The van der Waals surface area contributed by atoms with Gasteiger partial charge in [-0.25, -0.2) is 4.39 Å². The molecule has 0 atom stereocenters. The second-order valence-corrected chi connectivity index (χ2v) is 4.92. The quantitative estimate of drug-likeness (QED) is 0.538. The van der Waals surface area contributed by atoms with E-state index < -0.39 is 4.92 Å². The predicted octanol–water partition coefficient (Wildman–Crippen LogP) is 4.08. The van der Waals surface area contributed by atoms with Crippen LogP contribution in [0.4, 0.5) is 4.39 Å². The molecule has 0 fully saturated rings. The number of benzene rings is 2. The first-order valence-electron chi connectivity index (χ1n) is 6.78. The minimum Gasteiger partial charge on any atom is -0.342 e. The van der Waals surface area contributed by atoms with Crippen LogP contribution in [0, 0.1) is 15.9 Å². The fourth-order valence-corrected chi connectivity index (χ4v) is 2.49. The van der Waals surface area contributed by atoms with Crippen LogP contribution in [0.2, 0.25) is 0 Å². The highest BCUT2D eigenvalue weighted by molar-refractivity contribution is 5.89. The fraction of sp³-hybridized carbons (Fsp3) is 0.0588. The van der Waals surface area contributed by atoms with Crippen molar-refractivity contribution in [1.29, 1.82) is 0 Å². The van der Waals surface area contributed by atoms with Crippen molar-refractivity contribution in [2.45, 2.75) is 6.54 Å². The number of aromatic nitrogens is 1. The van der Waals surface area contributed by atoms with Gasteiger partial charge in [0.25, 0.3) is 0 Å². The molecule has 0 amide bonds. The smallest absolute Gasteiger partial charge is 0.235 e. The molecule has 5 heteroatoms. The zero-order chi connectivity index (χ0) is 15.5. The minimum atomic E-state index is -0.497. The Bertz CT molecular complexity index is 868. The van der Waals surface area contributed by atoms with Gasteiger partial charge in [0.2, 0.25) is 6.20 Å². The van der Waals surface area contributed by atoms with Crippen molar-refractivity contribution in [2.24, 2.45) is 0 Å². The zero-order valence-corrected chi connectivity index (χ0v) is 11.6. The molecule has 0 aliphatic carbocycles. The fourth-order valence-electron chi connectivity index (χ4n) is 2.49. The van der Waals surface area contributed by atoms with Crippen molar-refractivity contribution < 1.29 is 9.31 Å². The molecule has 0 unspecified atom stereocenters. The molecular weight excluding hydrogens is 283 g/mol. The normalized spacial score (nSPS) is 11.3. The van der Waals surface area contributed by atoms with E-state index in [4.69, 9.17) is 0 Å². The topological polar surface area (TPSA) is 48.1 Å². The minimum absolute atomic E-state index is 0.261. The summed E-state index contributed by atoms with van der Waals surface area (Å²) in [5.74, 6) is -0.261. The molecule has 2 aromatic carbocycles. The molecule has 0 spiro atoms. The van der Waals surface area contributed by atoms with E-state index in [1.54, 1.807) is 24.4 Å². The van der Waals surface area contributed by atoms with Crippen LogP contribution in [0.3, 0.4) is 0 Å². The number of nitrogens with zero attached hydrogens (tertiary/aromatic N) is 2. The lowest BCUT2D eigenvalue weighted by molar-refractivity contribution is -0.400. The van der Waals surface area contributed by atoms with E-state index in [2.05, 4.69) is 0 Å². The van der Waals surface area contributed by atoms with Gasteiger partial charge in [-0.15, -0.1) is 0 Å². The van der Waals surface area contributed by atoms with Crippen LogP contribution >= 0.6 is 0 Å². The largest absolute Gasteiger partial charge is 0.342 e. The van der Waals surface area contributed by atoms with E-state index in [-0.39, 0.29) is 5.82 Å². The highest BCUT2D eigenvalue weighted by atomic mass is 19.1. The average Bonchev–Trinajstić information content (AvgIpc) is 2.86. The molecule has 3 rings (SSSR count). The molecule has 0 bridgehead atoms. The Balaban J connectivity index is 2.07. The Hall–Kier alpha value is -2.95. The van der Waals surface area contributed by atoms with Gasteiger partial charge in [-0.3, -0.25) is 10.1 Å². The first-order chi connectivity index (χ1) is 10.6. The molecule has 0 aliphatic heterocycles. The molecular formula is C17H13FN2O2. The molecule has 0 saturated carbocycles. The third-order valence-electron chi connectivity index (χ3n) is 3.49. The van der Waals surface area contributed by atoms with E-state index in [1.165, 1.54) is 12.1 Å². The second-order valence-electron chi connectivity index (χ2n) is 4.92. The molecule has 0 radical (unpaired) electrons. The second kappa shape index (κ2) is 5.81. The summed E-state index contributed by atoms with van der Waals surface area (Å²) in [6.45, 7) is 0.374. The number of para-hydroxylation sites is 1. The van der Waals surface area contributed by atoms with Gasteiger partial charge < -0.3 is 4.57 Å². The predicted molar refractivity (Wildman–Crippen MR) is 83.5 cm³/mol. The monoisotopic (exact) mass is 296 g/mol. The number of rotatable bonds is 4. The highest BCUT2D eigenvalue weighted by Crippen LogP contribution is 2.24. The maximum absolute atomic E-state index is 13.8. The summed E-state index contributed by atoms with van der Waals surface area (Å²) in [4.78, 5) is 10.0. The van der Waals surface area contributed by atoms with Crippen LogP contribution in [-0.2, 0) is 6.54 Å². The van der Waals surface area contributed by atoms with Gasteiger partial charge in [-0.05, 0) is 12.1 Å². The van der Waals surface area contributed by atoms with E-state index in [0.29, 0.717) is 12.1 Å².